The summed E-state index contributed by atoms with van der Waals surface area (Å²) in [5.41, 5.74) is 0. The van der Waals surface area contributed by atoms with Gasteiger partial charge in [0, 0.05) is 6.54 Å². The van der Waals surface area contributed by atoms with E-state index in [9.17, 15) is 13.6 Å². The molecule has 1 heterocycles. The van der Waals surface area contributed by atoms with E-state index in [-0.39, 0.29) is 12.3 Å². The van der Waals surface area contributed by atoms with E-state index in [0.717, 1.165) is 0 Å². The Kier molecular flexibility index (Phi) is 3.03. The van der Waals surface area contributed by atoms with Gasteiger partial charge >= 0.3 is 6.09 Å². The van der Waals surface area contributed by atoms with E-state index in [0.29, 0.717) is 13.0 Å². The predicted molar refractivity (Wildman–Crippen MR) is 53.5 cm³/mol. The second-order valence-electron chi connectivity index (χ2n) is 3.63. The van der Waals surface area contributed by atoms with Crippen molar-refractivity contribution in [3.05, 3.63) is 30.1 Å². The lowest BCUT2D eigenvalue weighted by Crippen LogP contribution is -2.31. The van der Waals surface area contributed by atoms with Crippen LogP contribution < -0.4 is 4.74 Å². The van der Waals surface area contributed by atoms with Gasteiger partial charge in [0.05, 0.1) is 6.54 Å². The van der Waals surface area contributed by atoms with E-state index in [1.165, 1.54) is 23.1 Å². The molecule has 0 spiro atoms. The largest absolute Gasteiger partial charge is 0.415 e. The molecule has 0 saturated carbocycles. The normalized spacial score (nSPS) is 19.9. The fourth-order valence-electron chi connectivity index (χ4n) is 1.57. The molecule has 0 bridgehead atoms. The van der Waals surface area contributed by atoms with Crippen LogP contribution in [-0.4, -0.2) is 30.3 Å². The van der Waals surface area contributed by atoms with E-state index in [1.807, 2.05) is 0 Å². The van der Waals surface area contributed by atoms with Crippen LogP contribution in [0, 0.1) is 5.82 Å². The number of amides is 1. The van der Waals surface area contributed by atoms with Gasteiger partial charge in [0.1, 0.15) is 6.17 Å². The first kappa shape index (κ1) is 10.9. The van der Waals surface area contributed by atoms with Crippen LogP contribution in [0.1, 0.15) is 6.42 Å². The lowest BCUT2D eigenvalue weighted by atomic mass is 10.3. The minimum atomic E-state index is -1.01. The molecule has 86 valence electrons. The van der Waals surface area contributed by atoms with E-state index >= 15 is 0 Å². The summed E-state index contributed by atoms with van der Waals surface area (Å²) >= 11 is 0. The molecule has 1 unspecified atom stereocenters. The third kappa shape index (κ3) is 2.29. The van der Waals surface area contributed by atoms with Crippen LogP contribution in [-0.2, 0) is 0 Å². The number of hydrogen-bond acceptors (Lipinski definition) is 2. The highest BCUT2D eigenvalue weighted by molar-refractivity contribution is 5.71. The average Bonchev–Trinajstić information content (AvgIpc) is 2.68. The highest BCUT2D eigenvalue weighted by Crippen LogP contribution is 2.19. The topological polar surface area (TPSA) is 29.5 Å². The Bertz CT molecular complexity index is 397. The molecule has 1 atom stereocenters. The minimum Gasteiger partial charge on any atom is -0.407 e. The summed E-state index contributed by atoms with van der Waals surface area (Å²) in [6, 6.07) is 5.62. The number of alkyl halides is 1. The number of benzene rings is 1. The van der Waals surface area contributed by atoms with Crippen molar-refractivity contribution in [1.82, 2.24) is 4.90 Å². The van der Waals surface area contributed by atoms with Crippen molar-refractivity contribution in [2.75, 3.05) is 13.1 Å². The SMILES string of the molecule is O=C(Oc1ccccc1F)N1CCC(F)C1. The fourth-order valence-corrected chi connectivity index (χ4v) is 1.57. The summed E-state index contributed by atoms with van der Waals surface area (Å²) in [6.07, 6.45) is -1.40. The second-order valence-corrected chi connectivity index (χ2v) is 3.63. The maximum absolute atomic E-state index is 13.1. The monoisotopic (exact) mass is 227 g/mol. The van der Waals surface area contributed by atoms with Gasteiger partial charge < -0.3 is 9.64 Å². The molecule has 1 amide bonds. The van der Waals surface area contributed by atoms with Gasteiger partial charge in [-0.3, -0.25) is 0 Å². The molecule has 3 nitrogen and oxygen atoms in total. The Morgan fingerprint density at radius 2 is 2.19 bits per heavy atom. The second kappa shape index (κ2) is 4.47. The van der Waals surface area contributed by atoms with Crippen LogP contribution in [0.3, 0.4) is 0 Å². The number of ether oxygens (including phenoxy) is 1. The van der Waals surface area contributed by atoms with Gasteiger partial charge in [0.15, 0.2) is 11.6 Å². The van der Waals surface area contributed by atoms with Crippen molar-refractivity contribution in [2.45, 2.75) is 12.6 Å². The van der Waals surface area contributed by atoms with Gasteiger partial charge in [0.25, 0.3) is 0 Å². The lowest BCUT2D eigenvalue weighted by Gasteiger charge is -2.14. The number of rotatable bonds is 1. The Morgan fingerprint density at radius 3 is 2.81 bits per heavy atom. The highest BCUT2D eigenvalue weighted by Gasteiger charge is 2.27. The minimum absolute atomic E-state index is 0.0211. The summed E-state index contributed by atoms with van der Waals surface area (Å²) < 4.78 is 30.8. The molecule has 0 radical (unpaired) electrons. The molecule has 0 N–H and O–H groups in total. The van der Waals surface area contributed by atoms with Crippen LogP contribution in [0.25, 0.3) is 0 Å². The first-order valence-corrected chi connectivity index (χ1v) is 5.02. The molecule has 1 saturated heterocycles. The molecule has 2 rings (SSSR count). The third-order valence-corrected chi connectivity index (χ3v) is 2.42. The third-order valence-electron chi connectivity index (χ3n) is 2.42. The van der Waals surface area contributed by atoms with Crippen LogP contribution in [0.5, 0.6) is 5.75 Å². The van der Waals surface area contributed by atoms with E-state index in [4.69, 9.17) is 4.74 Å². The molecule has 0 aromatic heterocycles. The number of likely N-dealkylation sites (tertiary alicyclic amines) is 1. The van der Waals surface area contributed by atoms with Crippen LogP contribution in [0.15, 0.2) is 24.3 Å². The van der Waals surface area contributed by atoms with E-state index < -0.39 is 18.1 Å². The maximum Gasteiger partial charge on any atom is 0.415 e. The zero-order chi connectivity index (χ0) is 11.5. The summed E-state index contributed by atoms with van der Waals surface area (Å²) in [5.74, 6) is -0.735. The molecule has 0 aliphatic carbocycles. The van der Waals surface area contributed by atoms with Gasteiger partial charge in [-0.15, -0.1) is 0 Å². The van der Waals surface area contributed by atoms with Crippen molar-refractivity contribution in [3.63, 3.8) is 0 Å². The molecular weight excluding hydrogens is 216 g/mol. The maximum atomic E-state index is 13.1. The number of halogens is 2. The Morgan fingerprint density at radius 1 is 1.44 bits per heavy atom. The predicted octanol–water partition coefficient (Wildman–Crippen LogP) is 2.37. The van der Waals surface area contributed by atoms with Crippen LogP contribution in [0.4, 0.5) is 13.6 Å². The lowest BCUT2D eigenvalue weighted by molar-refractivity contribution is 0.157. The van der Waals surface area contributed by atoms with Crippen molar-refractivity contribution in [3.8, 4) is 5.75 Å². The molecular formula is C11H11F2NO2. The number of nitrogens with zero attached hydrogens (tertiary/aromatic N) is 1. The Labute approximate surface area is 91.6 Å². The van der Waals surface area contributed by atoms with Gasteiger partial charge in [-0.25, -0.2) is 13.6 Å². The van der Waals surface area contributed by atoms with E-state index in [2.05, 4.69) is 0 Å². The van der Waals surface area contributed by atoms with Crippen molar-refractivity contribution < 1.29 is 18.3 Å². The number of carbonyl (C=O) groups excluding carboxylic acids is 1. The quantitative estimate of drug-likeness (QED) is 0.737. The van der Waals surface area contributed by atoms with Gasteiger partial charge in [-0.1, -0.05) is 12.1 Å². The summed E-state index contributed by atoms with van der Waals surface area (Å²) in [7, 11) is 0. The number of carbonyl (C=O) groups is 1. The molecule has 16 heavy (non-hydrogen) atoms. The van der Waals surface area contributed by atoms with Crippen molar-refractivity contribution in [1.29, 1.82) is 0 Å². The molecule has 1 fully saturated rings. The average molecular weight is 227 g/mol. The number of hydrogen-bond donors (Lipinski definition) is 0. The summed E-state index contributed by atoms with van der Waals surface area (Å²) in [4.78, 5) is 12.7. The van der Waals surface area contributed by atoms with Gasteiger partial charge in [0.2, 0.25) is 0 Å². The molecule has 1 aliphatic rings. The Balaban J connectivity index is 2.00. The zero-order valence-electron chi connectivity index (χ0n) is 8.53. The first-order valence-electron chi connectivity index (χ1n) is 5.02. The highest BCUT2D eigenvalue weighted by atomic mass is 19.1. The van der Waals surface area contributed by atoms with Crippen LogP contribution >= 0.6 is 0 Å². The van der Waals surface area contributed by atoms with Gasteiger partial charge in [-0.05, 0) is 18.6 Å². The fraction of sp³-hybridized carbons (Fsp3) is 0.364. The number of para-hydroxylation sites is 1. The van der Waals surface area contributed by atoms with E-state index in [1.54, 1.807) is 6.07 Å². The van der Waals surface area contributed by atoms with Crippen molar-refractivity contribution in [2.24, 2.45) is 0 Å². The molecule has 1 aromatic rings. The van der Waals surface area contributed by atoms with Crippen LogP contribution in [0.2, 0.25) is 0 Å². The molecule has 1 aromatic carbocycles. The zero-order valence-corrected chi connectivity index (χ0v) is 8.53. The Hall–Kier alpha value is -1.65. The molecule has 1 aliphatic heterocycles. The van der Waals surface area contributed by atoms with Gasteiger partial charge in [-0.2, -0.15) is 0 Å². The molecule has 5 heteroatoms. The first-order chi connectivity index (χ1) is 7.66. The standard InChI is InChI=1S/C11H11F2NO2/c12-8-5-6-14(7-8)11(15)16-10-4-2-1-3-9(10)13/h1-4,8H,5-7H2. The van der Waals surface area contributed by atoms with Crippen molar-refractivity contribution >= 4 is 6.09 Å². The smallest absolute Gasteiger partial charge is 0.407 e. The summed E-state index contributed by atoms with van der Waals surface area (Å²) in [5, 5.41) is 0. The summed E-state index contributed by atoms with van der Waals surface area (Å²) in [6.45, 7) is 0.335.